The largest absolute Gasteiger partial charge is 0.389 e. The molecule has 3 rings (SSSR count). The van der Waals surface area contributed by atoms with E-state index in [0.717, 1.165) is 37.0 Å². The number of fused-ring (bicyclic) bond motifs is 1. The third kappa shape index (κ3) is 3.42. The lowest BCUT2D eigenvalue weighted by Gasteiger charge is -2.20. The fourth-order valence-corrected chi connectivity index (χ4v) is 3.01. The van der Waals surface area contributed by atoms with Crippen molar-refractivity contribution in [2.75, 3.05) is 6.54 Å². The number of rotatable bonds is 5. The summed E-state index contributed by atoms with van der Waals surface area (Å²) in [5.41, 5.74) is 1.10. The lowest BCUT2D eigenvalue weighted by atomic mass is 9.98. The summed E-state index contributed by atoms with van der Waals surface area (Å²) in [4.78, 5) is 16.4. The minimum Gasteiger partial charge on any atom is -0.389 e. The summed E-state index contributed by atoms with van der Waals surface area (Å²) < 4.78 is 1.97. The Balaban J connectivity index is 1.48. The molecule has 2 aromatic heterocycles. The van der Waals surface area contributed by atoms with Crippen LogP contribution in [0.3, 0.4) is 0 Å². The van der Waals surface area contributed by atoms with E-state index in [4.69, 9.17) is 0 Å². The lowest BCUT2D eigenvalue weighted by Crippen LogP contribution is -2.35. The average molecular weight is 287 g/mol. The maximum atomic E-state index is 11.9. The molecular weight excluding hydrogens is 266 g/mol. The van der Waals surface area contributed by atoms with Crippen molar-refractivity contribution in [3.63, 3.8) is 0 Å². The molecule has 1 saturated carbocycles. The normalized spacial score (nSPS) is 17.2. The number of carbonyl (C=O) groups is 1. The summed E-state index contributed by atoms with van der Waals surface area (Å²) in [6.07, 6.45) is 8.38. The van der Waals surface area contributed by atoms with E-state index in [1.54, 1.807) is 0 Å². The number of imidazole rings is 1. The van der Waals surface area contributed by atoms with E-state index in [1.807, 2.05) is 35.0 Å². The maximum absolute atomic E-state index is 11.9. The van der Waals surface area contributed by atoms with E-state index in [-0.39, 0.29) is 12.3 Å². The van der Waals surface area contributed by atoms with Gasteiger partial charge < -0.3 is 14.8 Å². The Labute approximate surface area is 124 Å². The van der Waals surface area contributed by atoms with Gasteiger partial charge in [-0.2, -0.15) is 0 Å². The Bertz CT molecular complexity index is 596. The molecule has 0 unspecified atom stereocenters. The SMILES string of the molecule is O=C(CC1(O)CCCC1)NCCc1cn2ccccc2n1. The molecule has 21 heavy (non-hydrogen) atoms. The molecule has 2 aromatic rings. The Hall–Kier alpha value is -1.88. The first-order valence-corrected chi connectivity index (χ1v) is 7.56. The molecule has 0 radical (unpaired) electrons. The predicted molar refractivity (Wildman–Crippen MR) is 79.9 cm³/mol. The molecule has 5 heteroatoms. The van der Waals surface area contributed by atoms with Gasteiger partial charge >= 0.3 is 0 Å². The molecular formula is C16H21N3O2. The Morgan fingerprint density at radius 2 is 2.19 bits per heavy atom. The van der Waals surface area contributed by atoms with Crippen LogP contribution in [0.25, 0.3) is 5.65 Å². The van der Waals surface area contributed by atoms with Gasteiger partial charge in [0.05, 0.1) is 17.7 Å². The van der Waals surface area contributed by atoms with Crippen molar-refractivity contribution in [2.24, 2.45) is 0 Å². The first kappa shape index (κ1) is 14.1. The number of pyridine rings is 1. The zero-order valence-corrected chi connectivity index (χ0v) is 12.1. The van der Waals surface area contributed by atoms with E-state index >= 15 is 0 Å². The minimum absolute atomic E-state index is 0.0665. The second-order valence-corrected chi connectivity index (χ2v) is 5.91. The number of nitrogens with one attached hydrogen (secondary N) is 1. The third-order valence-electron chi connectivity index (χ3n) is 4.14. The molecule has 5 nitrogen and oxygen atoms in total. The van der Waals surface area contributed by atoms with Crippen LogP contribution < -0.4 is 5.32 Å². The van der Waals surface area contributed by atoms with Crippen LogP contribution in [0.15, 0.2) is 30.6 Å². The molecule has 1 aliphatic carbocycles. The smallest absolute Gasteiger partial charge is 0.222 e. The first-order chi connectivity index (χ1) is 10.1. The molecule has 2 heterocycles. The van der Waals surface area contributed by atoms with Gasteiger partial charge in [0, 0.05) is 25.4 Å². The van der Waals surface area contributed by atoms with Gasteiger partial charge in [0.2, 0.25) is 5.91 Å². The van der Waals surface area contributed by atoms with Gasteiger partial charge in [-0.25, -0.2) is 4.98 Å². The van der Waals surface area contributed by atoms with Crippen LogP contribution in [-0.4, -0.2) is 32.5 Å². The van der Waals surface area contributed by atoms with Gasteiger partial charge in [-0.15, -0.1) is 0 Å². The van der Waals surface area contributed by atoms with Crippen LogP contribution >= 0.6 is 0 Å². The molecule has 112 valence electrons. The molecule has 2 N–H and O–H groups in total. The molecule has 0 saturated heterocycles. The summed E-state index contributed by atoms with van der Waals surface area (Å²) in [5.74, 6) is -0.0665. The Morgan fingerprint density at radius 3 is 2.95 bits per heavy atom. The van der Waals surface area contributed by atoms with Crippen LogP contribution in [0.4, 0.5) is 0 Å². The van der Waals surface area contributed by atoms with Crippen LogP contribution in [0.5, 0.6) is 0 Å². The molecule has 0 atom stereocenters. The zero-order chi connectivity index (χ0) is 14.7. The second-order valence-electron chi connectivity index (χ2n) is 5.91. The zero-order valence-electron chi connectivity index (χ0n) is 12.1. The van der Waals surface area contributed by atoms with Gasteiger partial charge in [-0.3, -0.25) is 4.79 Å². The fourth-order valence-electron chi connectivity index (χ4n) is 3.01. The molecule has 1 aliphatic rings. The number of nitrogens with zero attached hydrogens (tertiary/aromatic N) is 2. The van der Waals surface area contributed by atoms with E-state index < -0.39 is 5.60 Å². The average Bonchev–Trinajstić information content (AvgIpc) is 3.04. The highest BCUT2D eigenvalue weighted by Gasteiger charge is 2.33. The highest BCUT2D eigenvalue weighted by atomic mass is 16.3. The first-order valence-electron chi connectivity index (χ1n) is 7.56. The minimum atomic E-state index is -0.771. The number of aliphatic hydroxyl groups is 1. The highest BCUT2D eigenvalue weighted by Crippen LogP contribution is 2.32. The molecule has 1 fully saturated rings. The summed E-state index contributed by atoms with van der Waals surface area (Å²) in [6, 6.07) is 5.87. The number of carbonyl (C=O) groups excluding carboxylic acids is 1. The van der Waals surface area contributed by atoms with Crippen molar-refractivity contribution in [1.82, 2.24) is 14.7 Å². The molecule has 0 aromatic carbocycles. The summed E-state index contributed by atoms with van der Waals surface area (Å²) >= 11 is 0. The number of hydrogen-bond acceptors (Lipinski definition) is 3. The van der Waals surface area contributed by atoms with Crippen LogP contribution in [0.1, 0.15) is 37.8 Å². The van der Waals surface area contributed by atoms with Gasteiger partial charge in [-0.05, 0) is 25.0 Å². The van der Waals surface area contributed by atoms with Crippen molar-refractivity contribution in [1.29, 1.82) is 0 Å². The highest BCUT2D eigenvalue weighted by molar-refractivity contribution is 5.77. The molecule has 0 aliphatic heterocycles. The van der Waals surface area contributed by atoms with E-state index in [0.29, 0.717) is 13.0 Å². The quantitative estimate of drug-likeness (QED) is 0.879. The van der Waals surface area contributed by atoms with Crippen molar-refractivity contribution in [3.8, 4) is 0 Å². The van der Waals surface area contributed by atoms with E-state index in [9.17, 15) is 9.90 Å². The van der Waals surface area contributed by atoms with Crippen LogP contribution in [-0.2, 0) is 11.2 Å². The van der Waals surface area contributed by atoms with Gasteiger partial charge in [-0.1, -0.05) is 18.9 Å². The van der Waals surface area contributed by atoms with Crippen molar-refractivity contribution in [3.05, 3.63) is 36.3 Å². The van der Waals surface area contributed by atoms with Crippen molar-refractivity contribution in [2.45, 2.75) is 44.1 Å². The van der Waals surface area contributed by atoms with Crippen molar-refractivity contribution < 1.29 is 9.90 Å². The molecule has 0 spiro atoms. The molecule has 0 bridgehead atoms. The standard InChI is InChI=1S/C16H21N3O2/c20-15(11-16(21)7-2-3-8-16)17-9-6-13-12-19-10-4-1-5-14(19)18-13/h1,4-5,10,12,21H,2-3,6-9,11H2,(H,17,20). The number of hydrogen-bond donors (Lipinski definition) is 2. The second kappa shape index (κ2) is 5.85. The van der Waals surface area contributed by atoms with Gasteiger partial charge in [0.15, 0.2) is 0 Å². The summed E-state index contributed by atoms with van der Waals surface area (Å²) in [7, 11) is 0. The lowest BCUT2D eigenvalue weighted by molar-refractivity contribution is -0.125. The summed E-state index contributed by atoms with van der Waals surface area (Å²) in [5, 5.41) is 13.1. The third-order valence-corrected chi connectivity index (χ3v) is 4.14. The van der Waals surface area contributed by atoms with Crippen LogP contribution in [0.2, 0.25) is 0 Å². The van der Waals surface area contributed by atoms with E-state index in [1.165, 1.54) is 0 Å². The van der Waals surface area contributed by atoms with Crippen molar-refractivity contribution >= 4 is 11.6 Å². The summed E-state index contributed by atoms with van der Waals surface area (Å²) in [6.45, 7) is 0.554. The Morgan fingerprint density at radius 1 is 1.38 bits per heavy atom. The Kier molecular flexibility index (Phi) is 3.92. The predicted octanol–water partition coefficient (Wildman–Crippen LogP) is 1.69. The fraction of sp³-hybridized carbons (Fsp3) is 0.500. The topological polar surface area (TPSA) is 66.6 Å². The monoisotopic (exact) mass is 287 g/mol. The van der Waals surface area contributed by atoms with Crippen LogP contribution in [0, 0.1) is 0 Å². The van der Waals surface area contributed by atoms with E-state index in [2.05, 4.69) is 10.3 Å². The van der Waals surface area contributed by atoms with Gasteiger partial charge in [0.25, 0.3) is 0 Å². The van der Waals surface area contributed by atoms with Gasteiger partial charge in [0.1, 0.15) is 5.65 Å². The molecule has 1 amide bonds. The maximum Gasteiger partial charge on any atom is 0.222 e. The number of amides is 1. The number of aromatic nitrogens is 2.